The van der Waals surface area contributed by atoms with E-state index in [1.807, 2.05) is 0 Å². The molecule has 0 aliphatic carbocycles. The summed E-state index contributed by atoms with van der Waals surface area (Å²) in [7, 11) is 0. The molecule has 0 bridgehead atoms. The molecule has 98 valence electrons. The first kappa shape index (κ1) is 12.8. The molecule has 6 heteroatoms. The van der Waals surface area contributed by atoms with E-state index in [0.717, 1.165) is 6.07 Å². The zero-order valence-electron chi connectivity index (χ0n) is 9.68. The van der Waals surface area contributed by atoms with Crippen molar-refractivity contribution in [1.29, 1.82) is 0 Å². The van der Waals surface area contributed by atoms with E-state index < -0.39 is 11.6 Å². The van der Waals surface area contributed by atoms with Gasteiger partial charge in [0.05, 0.1) is 5.56 Å². The van der Waals surface area contributed by atoms with Crippen molar-refractivity contribution in [2.24, 2.45) is 10.9 Å². The molecule has 0 saturated carbocycles. The molecule has 0 spiro atoms. The number of ether oxygens (including phenoxy) is 1. The van der Waals surface area contributed by atoms with Crippen LogP contribution in [0.15, 0.2) is 47.6 Å². The Labute approximate surface area is 107 Å². The second kappa shape index (κ2) is 5.34. The minimum absolute atomic E-state index is 0.104. The summed E-state index contributed by atoms with van der Waals surface area (Å²) in [6.07, 6.45) is 0. The summed E-state index contributed by atoms with van der Waals surface area (Å²) in [5.74, 6) is -0.684. The first-order valence-electron chi connectivity index (χ1n) is 5.31. The molecule has 0 aliphatic rings. The van der Waals surface area contributed by atoms with Gasteiger partial charge in [-0.2, -0.15) is 0 Å². The van der Waals surface area contributed by atoms with Gasteiger partial charge in [-0.3, -0.25) is 0 Å². The van der Waals surface area contributed by atoms with E-state index in [4.69, 9.17) is 15.7 Å². The smallest absolute Gasteiger partial charge is 0.173 e. The highest BCUT2D eigenvalue weighted by molar-refractivity contribution is 5.99. The van der Waals surface area contributed by atoms with Gasteiger partial charge in [0.25, 0.3) is 0 Å². The van der Waals surface area contributed by atoms with Gasteiger partial charge in [0, 0.05) is 0 Å². The minimum Gasteiger partial charge on any atom is -0.457 e. The zero-order valence-corrected chi connectivity index (χ0v) is 9.68. The Balaban J connectivity index is 2.37. The lowest BCUT2D eigenvalue weighted by atomic mass is 10.2. The number of benzene rings is 2. The number of nitrogens with two attached hydrogens (primary N) is 1. The molecule has 0 fully saturated rings. The molecular weight excluding hydrogens is 254 g/mol. The normalized spacial score (nSPS) is 11.4. The second-order valence-electron chi connectivity index (χ2n) is 3.68. The molecule has 2 aromatic carbocycles. The van der Waals surface area contributed by atoms with Gasteiger partial charge >= 0.3 is 0 Å². The lowest BCUT2D eigenvalue weighted by Crippen LogP contribution is -2.14. The van der Waals surface area contributed by atoms with E-state index in [2.05, 4.69) is 5.16 Å². The van der Waals surface area contributed by atoms with Crippen LogP contribution in [0, 0.1) is 11.6 Å². The van der Waals surface area contributed by atoms with Crippen LogP contribution >= 0.6 is 0 Å². The number of oxime groups is 1. The quantitative estimate of drug-likeness (QED) is 0.387. The highest BCUT2D eigenvalue weighted by Gasteiger charge is 2.11. The Morgan fingerprint density at radius 1 is 1.05 bits per heavy atom. The number of rotatable bonds is 3. The van der Waals surface area contributed by atoms with E-state index in [1.54, 1.807) is 0 Å². The predicted molar refractivity (Wildman–Crippen MR) is 65.4 cm³/mol. The Kier molecular flexibility index (Phi) is 3.61. The van der Waals surface area contributed by atoms with Crippen molar-refractivity contribution in [2.45, 2.75) is 0 Å². The van der Waals surface area contributed by atoms with Crippen LogP contribution in [-0.4, -0.2) is 11.0 Å². The molecular formula is C13H10F2N2O2. The van der Waals surface area contributed by atoms with Crippen LogP contribution in [0.25, 0.3) is 0 Å². The van der Waals surface area contributed by atoms with Gasteiger partial charge in [-0.05, 0) is 42.5 Å². The van der Waals surface area contributed by atoms with Gasteiger partial charge in [-0.1, -0.05) is 5.16 Å². The maximum absolute atomic E-state index is 13.1. The monoisotopic (exact) mass is 264 g/mol. The summed E-state index contributed by atoms with van der Waals surface area (Å²) >= 11 is 0. The van der Waals surface area contributed by atoms with Crippen LogP contribution in [0.2, 0.25) is 0 Å². The fourth-order valence-corrected chi connectivity index (χ4v) is 1.47. The average molecular weight is 264 g/mol. The van der Waals surface area contributed by atoms with Crippen molar-refractivity contribution in [2.75, 3.05) is 0 Å². The molecule has 0 radical (unpaired) electrons. The van der Waals surface area contributed by atoms with Crippen LogP contribution in [-0.2, 0) is 0 Å². The highest BCUT2D eigenvalue weighted by Crippen LogP contribution is 2.26. The summed E-state index contributed by atoms with van der Waals surface area (Å²) in [4.78, 5) is 0. The zero-order chi connectivity index (χ0) is 13.8. The minimum atomic E-state index is -0.548. The largest absolute Gasteiger partial charge is 0.457 e. The maximum Gasteiger partial charge on any atom is 0.173 e. The van der Waals surface area contributed by atoms with Crippen molar-refractivity contribution in [3.8, 4) is 11.5 Å². The van der Waals surface area contributed by atoms with Gasteiger partial charge in [0.2, 0.25) is 0 Å². The lowest BCUT2D eigenvalue weighted by Gasteiger charge is -2.10. The fraction of sp³-hybridized carbons (Fsp3) is 0. The van der Waals surface area contributed by atoms with Crippen molar-refractivity contribution < 1.29 is 18.7 Å². The molecule has 4 nitrogen and oxygen atoms in total. The van der Waals surface area contributed by atoms with Crippen LogP contribution in [0.4, 0.5) is 8.78 Å². The third kappa shape index (κ3) is 2.98. The SMILES string of the molecule is N/C(=N/O)c1cc(F)ccc1Oc1ccc(F)cc1. The Morgan fingerprint density at radius 2 is 1.68 bits per heavy atom. The van der Waals surface area contributed by atoms with Crippen molar-refractivity contribution in [3.05, 3.63) is 59.7 Å². The molecule has 0 atom stereocenters. The van der Waals surface area contributed by atoms with E-state index in [-0.39, 0.29) is 17.1 Å². The highest BCUT2D eigenvalue weighted by atomic mass is 19.1. The maximum atomic E-state index is 13.1. The van der Waals surface area contributed by atoms with Crippen LogP contribution in [0.1, 0.15) is 5.56 Å². The summed E-state index contributed by atoms with van der Waals surface area (Å²) in [5.41, 5.74) is 5.54. The molecule has 0 amide bonds. The number of hydrogen-bond donors (Lipinski definition) is 2. The number of halogens is 2. The van der Waals surface area contributed by atoms with Gasteiger partial charge in [0.15, 0.2) is 5.84 Å². The van der Waals surface area contributed by atoms with Gasteiger partial charge in [0.1, 0.15) is 23.1 Å². The molecule has 0 aliphatic heterocycles. The number of nitrogens with zero attached hydrogens (tertiary/aromatic N) is 1. The molecule has 0 unspecified atom stereocenters. The van der Waals surface area contributed by atoms with Crippen molar-refractivity contribution in [3.63, 3.8) is 0 Å². The average Bonchev–Trinajstić information content (AvgIpc) is 2.42. The topological polar surface area (TPSA) is 67.8 Å². The predicted octanol–water partition coefficient (Wildman–Crippen LogP) is 2.85. The number of hydrogen-bond acceptors (Lipinski definition) is 3. The molecule has 2 aromatic rings. The Morgan fingerprint density at radius 3 is 2.32 bits per heavy atom. The molecule has 0 heterocycles. The summed E-state index contributed by atoms with van der Waals surface area (Å²) < 4.78 is 31.3. The van der Waals surface area contributed by atoms with Crippen LogP contribution in [0.3, 0.4) is 0 Å². The summed E-state index contributed by atoms with van der Waals surface area (Å²) in [5, 5.41) is 11.4. The second-order valence-corrected chi connectivity index (χ2v) is 3.68. The Hall–Kier alpha value is -2.63. The molecule has 2 rings (SSSR count). The van der Waals surface area contributed by atoms with Gasteiger partial charge in [-0.25, -0.2) is 8.78 Å². The summed E-state index contributed by atoms with van der Waals surface area (Å²) in [6, 6.07) is 8.86. The first-order valence-corrected chi connectivity index (χ1v) is 5.31. The molecule has 19 heavy (non-hydrogen) atoms. The molecule has 0 aromatic heterocycles. The standard InChI is InChI=1S/C13H10F2N2O2/c14-8-1-4-10(5-2-8)19-12-6-3-9(15)7-11(12)13(16)17-18/h1-7,18H,(H2,16,17). The van der Waals surface area contributed by atoms with Gasteiger partial charge < -0.3 is 15.7 Å². The summed E-state index contributed by atoms with van der Waals surface area (Å²) in [6.45, 7) is 0. The first-order chi connectivity index (χ1) is 9.10. The van der Waals surface area contributed by atoms with Crippen molar-refractivity contribution >= 4 is 5.84 Å². The lowest BCUT2D eigenvalue weighted by molar-refractivity contribution is 0.318. The van der Waals surface area contributed by atoms with Crippen molar-refractivity contribution in [1.82, 2.24) is 0 Å². The third-order valence-corrected chi connectivity index (χ3v) is 2.37. The van der Waals surface area contributed by atoms with E-state index in [1.165, 1.54) is 36.4 Å². The molecule has 0 saturated heterocycles. The molecule has 3 N–H and O–H groups in total. The van der Waals surface area contributed by atoms with Crippen LogP contribution in [0.5, 0.6) is 11.5 Å². The van der Waals surface area contributed by atoms with Crippen LogP contribution < -0.4 is 10.5 Å². The van der Waals surface area contributed by atoms with E-state index >= 15 is 0 Å². The number of amidine groups is 1. The fourth-order valence-electron chi connectivity index (χ4n) is 1.47. The third-order valence-electron chi connectivity index (χ3n) is 2.37. The Bertz CT molecular complexity index is 613. The van der Waals surface area contributed by atoms with E-state index in [0.29, 0.717) is 5.75 Å². The van der Waals surface area contributed by atoms with E-state index in [9.17, 15) is 8.78 Å². The van der Waals surface area contributed by atoms with Gasteiger partial charge in [-0.15, -0.1) is 0 Å².